The Hall–Kier alpha value is -2.77. The van der Waals surface area contributed by atoms with Gasteiger partial charge in [-0.15, -0.1) is 0 Å². The molecule has 1 aromatic rings. The molecule has 1 unspecified atom stereocenters. The van der Waals surface area contributed by atoms with E-state index in [-0.39, 0.29) is 25.0 Å². The summed E-state index contributed by atoms with van der Waals surface area (Å²) < 4.78 is 10.6. The van der Waals surface area contributed by atoms with E-state index in [1.54, 1.807) is 0 Å². The number of aryl methyl sites for hydroxylation is 2. The summed E-state index contributed by atoms with van der Waals surface area (Å²) in [6.45, 7) is 4.96. The number of carbonyl (C=O) groups is 3. The van der Waals surface area contributed by atoms with Crippen LogP contribution in [0.25, 0.3) is 0 Å². The van der Waals surface area contributed by atoms with Crippen molar-refractivity contribution >= 4 is 18.0 Å². The van der Waals surface area contributed by atoms with Crippen molar-refractivity contribution in [3.8, 4) is 5.75 Å². The fourth-order valence-corrected chi connectivity index (χ4v) is 1.94. The summed E-state index contributed by atoms with van der Waals surface area (Å²) in [6, 6.07) is 6.03. The number of carbonyl (C=O) groups excluding carboxylic acids is 1. The van der Waals surface area contributed by atoms with Crippen molar-refractivity contribution < 1.29 is 34.1 Å². The van der Waals surface area contributed by atoms with Crippen molar-refractivity contribution in [3.05, 3.63) is 29.3 Å². The Morgan fingerprint density at radius 2 is 1.71 bits per heavy atom. The van der Waals surface area contributed by atoms with Crippen LogP contribution in [-0.4, -0.2) is 47.5 Å². The third kappa shape index (κ3) is 8.02. The molecule has 1 heterocycles. The lowest BCUT2D eigenvalue weighted by atomic mass is 10.1. The number of aliphatic carboxylic acids is 2. The molecule has 8 heteroatoms. The Balaban J connectivity index is 0.000000307. The lowest BCUT2D eigenvalue weighted by molar-refractivity contribution is -0.143. The quantitative estimate of drug-likeness (QED) is 0.721. The van der Waals surface area contributed by atoms with Gasteiger partial charge in [-0.1, -0.05) is 6.07 Å². The molecule has 1 aliphatic rings. The SMILES string of the molecule is Cc1cc(C)cc(OCC2CNC(=O)O2)c1.O=C(O)CCC(=O)O. The number of hydrogen-bond donors (Lipinski definition) is 3. The number of amides is 1. The van der Waals surface area contributed by atoms with Gasteiger partial charge in [-0.05, 0) is 37.1 Å². The molecule has 0 bridgehead atoms. The van der Waals surface area contributed by atoms with Crippen LogP contribution in [0, 0.1) is 13.8 Å². The molecule has 0 spiro atoms. The van der Waals surface area contributed by atoms with E-state index in [1.165, 1.54) is 0 Å². The third-order valence-electron chi connectivity index (χ3n) is 2.93. The fraction of sp³-hybridized carbons (Fsp3) is 0.438. The maximum Gasteiger partial charge on any atom is 0.407 e. The second-order valence-corrected chi connectivity index (χ2v) is 5.33. The van der Waals surface area contributed by atoms with Crippen LogP contribution >= 0.6 is 0 Å². The highest BCUT2D eigenvalue weighted by Crippen LogP contribution is 2.16. The minimum atomic E-state index is -1.08. The first-order valence-electron chi connectivity index (χ1n) is 7.35. The van der Waals surface area contributed by atoms with E-state index in [2.05, 4.69) is 11.4 Å². The number of carboxylic acid groups (broad SMARTS) is 2. The van der Waals surface area contributed by atoms with Gasteiger partial charge in [-0.3, -0.25) is 9.59 Å². The summed E-state index contributed by atoms with van der Waals surface area (Å²) in [7, 11) is 0. The smallest absolute Gasteiger partial charge is 0.407 e. The van der Waals surface area contributed by atoms with E-state index in [1.807, 2.05) is 26.0 Å². The molecule has 1 atom stereocenters. The van der Waals surface area contributed by atoms with Crippen LogP contribution in [0.4, 0.5) is 4.79 Å². The highest BCUT2D eigenvalue weighted by Gasteiger charge is 2.22. The lowest BCUT2D eigenvalue weighted by Crippen LogP contribution is -2.21. The van der Waals surface area contributed by atoms with Gasteiger partial charge in [0.25, 0.3) is 0 Å². The summed E-state index contributed by atoms with van der Waals surface area (Å²) in [5.41, 5.74) is 2.33. The van der Waals surface area contributed by atoms with Crippen molar-refractivity contribution in [1.82, 2.24) is 5.32 Å². The molecule has 132 valence electrons. The maximum atomic E-state index is 10.8. The Morgan fingerprint density at radius 1 is 1.17 bits per heavy atom. The lowest BCUT2D eigenvalue weighted by Gasteiger charge is -2.11. The van der Waals surface area contributed by atoms with Gasteiger partial charge >= 0.3 is 18.0 Å². The van der Waals surface area contributed by atoms with E-state index in [4.69, 9.17) is 19.7 Å². The Labute approximate surface area is 139 Å². The number of ether oxygens (including phenoxy) is 2. The zero-order chi connectivity index (χ0) is 18.1. The first-order chi connectivity index (χ1) is 11.3. The number of benzene rings is 1. The van der Waals surface area contributed by atoms with Gasteiger partial charge in [-0.25, -0.2) is 4.79 Å². The number of carboxylic acids is 2. The number of nitrogens with one attached hydrogen (secondary N) is 1. The van der Waals surface area contributed by atoms with E-state index in [0.29, 0.717) is 13.2 Å². The van der Waals surface area contributed by atoms with Gasteiger partial charge in [-0.2, -0.15) is 0 Å². The number of rotatable bonds is 6. The van der Waals surface area contributed by atoms with Crippen LogP contribution in [0.3, 0.4) is 0 Å². The molecule has 0 aromatic heterocycles. The third-order valence-corrected chi connectivity index (χ3v) is 2.93. The van der Waals surface area contributed by atoms with Gasteiger partial charge in [0, 0.05) is 0 Å². The molecular weight excluding hydrogens is 318 g/mol. The minimum Gasteiger partial charge on any atom is -0.490 e. The van der Waals surface area contributed by atoms with E-state index >= 15 is 0 Å². The zero-order valence-electron chi connectivity index (χ0n) is 13.6. The molecule has 8 nitrogen and oxygen atoms in total. The summed E-state index contributed by atoms with van der Waals surface area (Å²) >= 11 is 0. The van der Waals surface area contributed by atoms with Gasteiger partial charge in [0.1, 0.15) is 12.4 Å². The van der Waals surface area contributed by atoms with Crippen molar-refractivity contribution in [3.63, 3.8) is 0 Å². The van der Waals surface area contributed by atoms with Gasteiger partial charge in [0.2, 0.25) is 0 Å². The molecule has 0 saturated carbocycles. The molecule has 24 heavy (non-hydrogen) atoms. The molecular formula is C16H21NO7. The van der Waals surface area contributed by atoms with Crippen LogP contribution in [0.1, 0.15) is 24.0 Å². The van der Waals surface area contributed by atoms with Gasteiger partial charge in [0.05, 0.1) is 19.4 Å². The highest BCUT2D eigenvalue weighted by molar-refractivity contribution is 5.75. The van der Waals surface area contributed by atoms with Crippen molar-refractivity contribution in [2.24, 2.45) is 0 Å². The second-order valence-electron chi connectivity index (χ2n) is 5.33. The topological polar surface area (TPSA) is 122 Å². The summed E-state index contributed by atoms with van der Waals surface area (Å²) in [5.74, 6) is -1.33. The predicted octanol–water partition coefficient (Wildman–Crippen LogP) is 1.73. The number of cyclic esters (lactones) is 1. The first-order valence-corrected chi connectivity index (χ1v) is 7.35. The monoisotopic (exact) mass is 339 g/mol. The summed E-state index contributed by atoms with van der Waals surface area (Å²) in [4.78, 5) is 30.1. The standard InChI is InChI=1S/C12H15NO3.C4H6O4/c1-8-3-9(2)5-10(4-8)15-7-11-6-13-12(14)16-11;5-3(6)1-2-4(7)8/h3-5,11H,6-7H2,1-2H3,(H,13,14);1-2H2,(H,5,6)(H,7,8). The van der Waals surface area contributed by atoms with Crippen molar-refractivity contribution in [2.75, 3.05) is 13.2 Å². The van der Waals surface area contributed by atoms with E-state index < -0.39 is 11.9 Å². The average Bonchev–Trinajstić information content (AvgIpc) is 2.88. The molecule has 0 aliphatic carbocycles. The normalized spacial score (nSPS) is 15.6. The second kappa shape index (κ2) is 9.39. The van der Waals surface area contributed by atoms with E-state index in [9.17, 15) is 14.4 Å². The number of alkyl carbamates (subject to hydrolysis) is 1. The van der Waals surface area contributed by atoms with Crippen molar-refractivity contribution in [2.45, 2.75) is 32.8 Å². The maximum absolute atomic E-state index is 10.8. The molecule has 2 rings (SSSR count). The zero-order valence-corrected chi connectivity index (χ0v) is 13.6. The van der Waals surface area contributed by atoms with Crippen LogP contribution in [-0.2, 0) is 14.3 Å². The highest BCUT2D eigenvalue weighted by atomic mass is 16.6. The summed E-state index contributed by atoms with van der Waals surface area (Å²) in [5, 5.41) is 18.4. The van der Waals surface area contributed by atoms with Crippen LogP contribution in [0.5, 0.6) is 5.75 Å². The Morgan fingerprint density at radius 3 is 2.12 bits per heavy atom. The fourth-order valence-electron chi connectivity index (χ4n) is 1.94. The molecule has 1 fully saturated rings. The molecule has 3 N–H and O–H groups in total. The van der Waals surface area contributed by atoms with Crippen molar-refractivity contribution in [1.29, 1.82) is 0 Å². The van der Waals surface area contributed by atoms with Crippen LogP contribution in [0.15, 0.2) is 18.2 Å². The van der Waals surface area contributed by atoms with Gasteiger partial charge < -0.3 is 25.0 Å². The Bertz CT molecular complexity index is 566. The largest absolute Gasteiger partial charge is 0.490 e. The predicted molar refractivity (Wildman–Crippen MR) is 84.2 cm³/mol. The van der Waals surface area contributed by atoms with Crippen LogP contribution < -0.4 is 10.1 Å². The molecule has 1 aromatic carbocycles. The molecule has 1 aliphatic heterocycles. The Kier molecular flexibility index (Phi) is 7.54. The molecule has 1 amide bonds. The molecule has 1 saturated heterocycles. The van der Waals surface area contributed by atoms with Gasteiger partial charge in [0.15, 0.2) is 6.10 Å². The summed E-state index contributed by atoms with van der Waals surface area (Å²) in [6.07, 6.45) is -1.15. The van der Waals surface area contributed by atoms with Crippen LogP contribution in [0.2, 0.25) is 0 Å². The minimum absolute atomic E-state index is 0.187. The van der Waals surface area contributed by atoms with E-state index in [0.717, 1.165) is 16.9 Å². The first kappa shape index (κ1) is 19.3. The number of hydrogen-bond acceptors (Lipinski definition) is 5. The average molecular weight is 339 g/mol. The molecule has 0 radical (unpaired) electrons.